The highest BCUT2D eigenvalue weighted by atomic mass is 16.5. The van der Waals surface area contributed by atoms with E-state index in [9.17, 15) is 0 Å². The molecule has 0 fully saturated rings. The molecule has 0 atom stereocenters. The average Bonchev–Trinajstić information content (AvgIpc) is 2.46. The molecule has 1 heterocycles. The van der Waals surface area contributed by atoms with Crippen molar-refractivity contribution >= 4 is 11.6 Å². The van der Waals surface area contributed by atoms with Crippen LogP contribution in [0.15, 0.2) is 30.3 Å². The minimum absolute atomic E-state index is 0.754. The Morgan fingerprint density at radius 3 is 2.75 bits per heavy atom. The van der Waals surface area contributed by atoms with Crippen molar-refractivity contribution in [1.29, 1.82) is 0 Å². The lowest BCUT2D eigenvalue weighted by Gasteiger charge is -2.19. The van der Waals surface area contributed by atoms with Crippen LogP contribution in [0.2, 0.25) is 0 Å². The molecule has 20 heavy (non-hydrogen) atoms. The summed E-state index contributed by atoms with van der Waals surface area (Å²) >= 11 is 0. The van der Waals surface area contributed by atoms with Crippen LogP contribution >= 0.6 is 0 Å². The van der Waals surface area contributed by atoms with E-state index in [1.165, 1.54) is 5.56 Å². The quantitative estimate of drug-likeness (QED) is 0.906. The number of anilines is 2. The number of nitrogens with one attached hydrogen (secondary N) is 1. The molecule has 0 spiro atoms. The van der Waals surface area contributed by atoms with Gasteiger partial charge in [0, 0.05) is 26.7 Å². The van der Waals surface area contributed by atoms with E-state index in [4.69, 9.17) is 4.74 Å². The fourth-order valence-electron chi connectivity index (χ4n) is 2.00. The lowest BCUT2D eigenvalue weighted by atomic mass is 10.2. The van der Waals surface area contributed by atoms with E-state index in [2.05, 4.69) is 26.3 Å². The summed E-state index contributed by atoms with van der Waals surface area (Å²) in [6.07, 6.45) is 0. The van der Waals surface area contributed by atoms with Crippen LogP contribution < -0.4 is 15.0 Å². The van der Waals surface area contributed by atoms with Crippen LogP contribution in [-0.4, -0.2) is 31.2 Å². The van der Waals surface area contributed by atoms with E-state index in [-0.39, 0.29) is 0 Å². The number of rotatable bonds is 5. The zero-order chi connectivity index (χ0) is 14.5. The highest BCUT2D eigenvalue weighted by Crippen LogP contribution is 2.19. The molecule has 1 N–H and O–H groups in total. The van der Waals surface area contributed by atoms with Gasteiger partial charge in [-0.05, 0) is 24.6 Å². The number of aromatic nitrogens is 2. The van der Waals surface area contributed by atoms with E-state index < -0.39 is 0 Å². The third-order valence-electron chi connectivity index (χ3n) is 3.03. The van der Waals surface area contributed by atoms with Crippen LogP contribution in [0.4, 0.5) is 11.6 Å². The van der Waals surface area contributed by atoms with Crippen molar-refractivity contribution in [3.63, 3.8) is 0 Å². The van der Waals surface area contributed by atoms with Gasteiger partial charge in [0.25, 0.3) is 0 Å². The van der Waals surface area contributed by atoms with Crippen LogP contribution in [-0.2, 0) is 6.54 Å². The molecular formula is C15H20N4O. The molecule has 0 amide bonds. The molecule has 1 aromatic carbocycles. The van der Waals surface area contributed by atoms with Gasteiger partial charge in [-0.15, -0.1) is 0 Å². The van der Waals surface area contributed by atoms with Gasteiger partial charge in [0.1, 0.15) is 23.2 Å². The summed E-state index contributed by atoms with van der Waals surface area (Å²) in [4.78, 5) is 10.9. The van der Waals surface area contributed by atoms with Crippen molar-refractivity contribution < 1.29 is 4.74 Å². The van der Waals surface area contributed by atoms with E-state index in [0.717, 1.165) is 29.8 Å². The van der Waals surface area contributed by atoms with Gasteiger partial charge in [-0.25, -0.2) is 9.97 Å². The number of hydrogen-bond acceptors (Lipinski definition) is 5. The molecule has 106 valence electrons. The van der Waals surface area contributed by atoms with E-state index >= 15 is 0 Å². The molecule has 2 aromatic rings. The first kappa shape index (κ1) is 14.1. The summed E-state index contributed by atoms with van der Waals surface area (Å²) in [6.45, 7) is 2.65. The van der Waals surface area contributed by atoms with Crippen LogP contribution in [0.5, 0.6) is 5.75 Å². The second kappa shape index (κ2) is 6.23. The van der Waals surface area contributed by atoms with Crippen LogP contribution in [0.3, 0.4) is 0 Å². The summed E-state index contributed by atoms with van der Waals surface area (Å²) in [5, 5.41) is 3.05. The number of ether oxygens (including phenoxy) is 1. The van der Waals surface area contributed by atoms with Gasteiger partial charge in [0.15, 0.2) is 0 Å². The Balaban J connectivity index is 2.18. The van der Waals surface area contributed by atoms with E-state index in [1.807, 2.05) is 45.3 Å². The monoisotopic (exact) mass is 272 g/mol. The lowest BCUT2D eigenvalue weighted by molar-refractivity contribution is 0.414. The molecule has 0 saturated carbocycles. The molecule has 0 aliphatic heterocycles. The van der Waals surface area contributed by atoms with Crippen LogP contribution in [0.25, 0.3) is 0 Å². The second-order valence-electron chi connectivity index (χ2n) is 4.62. The Morgan fingerprint density at radius 1 is 1.25 bits per heavy atom. The highest BCUT2D eigenvalue weighted by Gasteiger charge is 2.07. The fourth-order valence-corrected chi connectivity index (χ4v) is 2.00. The lowest BCUT2D eigenvalue weighted by Crippen LogP contribution is -2.18. The Bertz CT molecular complexity index is 586. The van der Waals surface area contributed by atoms with Gasteiger partial charge >= 0.3 is 0 Å². The predicted octanol–water partition coefficient (Wildman–Crippen LogP) is 2.47. The minimum Gasteiger partial charge on any atom is -0.497 e. The summed E-state index contributed by atoms with van der Waals surface area (Å²) < 4.78 is 5.24. The van der Waals surface area contributed by atoms with E-state index in [1.54, 1.807) is 7.11 Å². The fraction of sp³-hybridized carbons (Fsp3) is 0.333. The zero-order valence-electron chi connectivity index (χ0n) is 12.3. The SMILES string of the molecule is CNc1cc(N(C)Cc2cccc(OC)c2)nc(C)n1. The van der Waals surface area contributed by atoms with Crippen molar-refractivity contribution in [3.05, 3.63) is 41.7 Å². The number of hydrogen-bond donors (Lipinski definition) is 1. The smallest absolute Gasteiger partial charge is 0.134 e. The van der Waals surface area contributed by atoms with Gasteiger partial charge in [-0.2, -0.15) is 0 Å². The standard InChI is InChI=1S/C15H20N4O/c1-11-17-14(16-2)9-15(18-11)19(3)10-12-6-5-7-13(8-12)20-4/h5-9H,10H2,1-4H3,(H,16,17,18). The van der Waals surface area contributed by atoms with Crippen LogP contribution in [0.1, 0.15) is 11.4 Å². The van der Waals surface area contributed by atoms with Crippen LogP contribution in [0, 0.1) is 6.92 Å². The second-order valence-corrected chi connectivity index (χ2v) is 4.62. The molecule has 0 aliphatic carbocycles. The number of nitrogens with zero attached hydrogens (tertiary/aromatic N) is 3. The molecular weight excluding hydrogens is 252 g/mol. The summed E-state index contributed by atoms with van der Waals surface area (Å²) in [6, 6.07) is 9.98. The maximum atomic E-state index is 5.24. The minimum atomic E-state index is 0.754. The normalized spacial score (nSPS) is 10.2. The molecule has 2 rings (SSSR count). The number of methoxy groups -OCH3 is 1. The average molecular weight is 272 g/mol. The van der Waals surface area contributed by atoms with Crippen molar-refractivity contribution in [2.24, 2.45) is 0 Å². The Hall–Kier alpha value is -2.30. The van der Waals surface area contributed by atoms with Gasteiger partial charge in [0.2, 0.25) is 0 Å². The topological polar surface area (TPSA) is 50.3 Å². The molecule has 5 nitrogen and oxygen atoms in total. The largest absolute Gasteiger partial charge is 0.497 e. The van der Waals surface area contributed by atoms with Crippen molar-refractivity contribution in [2.45, 2.75) is 13.5 Å². The predicted molar refractivity (Wildman–Crippen MR) is 81.4 cm³/mol. The molecule has 0 bridgehead atoms. The number of benzene rings is 1. The van der Waals surface area contributed by atoms with Gasteiger partial charge in [-0.1, -0.05) is 12.1 Å². The van der Waals surface area contributed by atoms with Gasteiger partial charge in [-0.3, -0.25) is 0 Å². The molecule has 0 aliphatic rings. The van der Waals surface area contributed by atoms with E-state index in [0.29, 0.717) is 0 Å². The zero-order valence-corrected chi connectivity index (χ0v) is 12.3. The third kappa shape index (κ3) is 3.38. The summed E-state index contributed by atoms with van der Waals surface area (Å²) in [7, 11) is 5.55. The van der Waals surface area contributed by atoms with Crippen molar-refractivity contribution in [1.82, 2.24) is 9.97 Å². The summed E-state index contributed by atoms with van der Waals surface area (Å²) in [5.41, 5.74) is 1.18. The molecule has 1 aromatic heterocycles. The molecule has 0 saturated heterocycles. The van der Waals surface area contributed by atoms with Crippen molar-refractivity contribution in [2.75, 3.05) is 31.4 Å². The molecule has 0 radical (unpaired) electrons. The first-order valence-corrected chi connectivity index (χ1v) is 6.50. The Kier molecular flexibility index (Phi) is 4.40. The first-order valence-electron chi connectivity index (χ1n) is 6.50. The number of aryl methyl sites for hydroxylation is 1. The first-order chi connectivity index (χ1) is 9.62. The molecule has 0 unspecified atom stereocenters. The van der Waals surface area contributed by atoms with Gasteiger partial charge < -0.3 is 15.0 Å². The summed E-state index contributed by atoms with van der Waals surface area (Å²) in [5.74, 6) is 3.34. The highest BCUT2D eigenvalue weighted by molar-refractivity contribution is 5.49. The Labute approximate surface area is 119 Å². The Morgan fingerprint density at radius 2 is 2.05 bits per heavy atom. The third-order valence-corrected chi connectivity index (χ3v) is 3.03. The van der Waals surface area contributed by atoms with Crippen molar-refractivity contribution in [3.8, 4) is 5.75 Å². The molecule has 5 heteroatoms. The maximum Gasteiger partial charge on any atom is 0.134 e. The van der Waals surface area contributed by atoms with Gasteiger partial charge in [0.05, 0.1) is 7.11 Å². The maximum absolute atomic E-state index is 5.24.